The molecule has 4 aliphatic rings. The van der Waals surface area contributed by atoms with Crippen LogP contribution in [0.15, 0.2) is 164 Å². The van der Waals surface area contributed by atoms with Crippen LogP contribution in [0.3, 0.4) is 0 Å². The van der Waals surface area contributed by atoms with Crippen molar-refractivity contribution in [3.8, 4) is 46.0 Å². The minimum atomic E-state index is -1.33. The summed E-state index contributed by atoms with van der Waals surface area (Å²) >= 11 is 13.5. The molecule has 0 saturated carbocycles. The number of ether oxygens (including phenoxy) is 4. The van der Waals surface area contributed by atoms with E-state index in [0.29, 0.717) is 117 Å². The van der Waals surface area contributed by atoms with E-state index in [1.807, 2.05) is 0 Å². The monoisotopic (exact) mass is 1650 g/mol. The molecule has 0 aliphatic carbocycles. The third-order valence-electron chi connectivity index (χ3n) is 17.9. The van der Waals surface area contributed by atoms with E-state index in [4.69, 9.17) is 36.9 Å². The first-order valence-electron chi connectivity index (χ1n) is 36.0. The van der Waals surface area contributed by atoms with Gasteiger partial charge < -0.3 is 96.2 Å². The second-order valence-electron chi connectivity index (χ2n) is 25.6. The number of isothiocyanates is 1. The van der Waals surface area contributed by atoms with Crippen molar-refractivity contribution in [2.75, 3.05) is 23.7 Å². The number of unbranched alkanes of at least 4 members (excludes halogenated alkanes) is 10. The minimum Gasteiger partial charge on any atom is -0.508 e. The average Bonchev–Trinajstić information content (AvgIpc) is 1.56. The molecule has 0 amide bonds. The molecule has 113 heavy (non-hydrogen) atoms. The zero-order chi connectivity index (χ0) is 81.2. The molecular formula is C76H81BrN16O18S2. The van der Waals surface area contributed by atoms with Crippen LogP contribution in [0.5, 0.6) is 46.0 Å². The molecule has 0 bridgehead atoms. The summed E-state index contributed by atoms with van der Waals surface area (Å²) in [7, 11) is 0. The van der Waals surface area contributed by atoms with Crippen molar-refractivity contribution in [2.24, 2.45) is 10.7 Å². The summed E-state index contributed by atoms with van der Waals surface area (Å²) in [6.45, 7) is 7.48. The lowest BCUT2D eigenvalue weighted by molar-refractivity contribution is -0.396. The number of phenols is 4. The standard InChI is InChI=1S/C29H25N5O7S.C21H11NO5S.C9H15N3O2.C8H14N4O2.C6H13Br.C3H3N3O2/c35-18-5-8-22-24(15-18)40-25-16-19(36)6-9-23(25)29(22)21-7-4-17(14-20(21)26(37)41-29)32-27(42)30-10-2-1-3-12-33-13-11-31-28(33)34(38)39;23-12-2-5-16-18(8-12)26-19-9-13(24)3-6-17(19)21(16)15-4-1-11(22-10-28)7-14(15)20(25)27-21;1-2-3-4-5-7-11-8-6-10-9(11)12(13)14;9-4-2-1-3-6-11-7-5-10-8(11)12(13)14;1-2-3-4-5-6-7;7-6(8)3-4-1-2-5-3/h4-9,11,13-16,35-36H,1-3,10,12H2,(H2,30,32,42);1-9,23-24H;6,8H,2-5,7H2,1H3;5,7H,1-4,6,9H2;2-6H2,1H3;1-2H,(H,4,5). The number of H-pyrrole nitrogens is 1. The van der Waals surface area contributed by atoms with E-state index in [1.54, 1.807) is 88.4 Å². The summed E-state index contributed by atoms with van der Waals surface area (Å²) in [6, 6.07) is 28.8. The van der Waals surface area contributed by atoms with Gasteiger partial charge in [-0.05, 0) is 175 Å². The number of aromatic nitrogens is 8. The first-order chi connectivity index (χ1) is 54.5. The molecule has 4 aliphatic heterocycles. The van der Waals surface area contributed by atoms with Gasteiger partial charge in [0.2, 0.25) is 0 Å². The molecule has 0 unspecified atom stereocenters. The summed E-state index contributed by atoms with van der Waals surface area (Å²) in [4.78, 5) is 86.5. The predicted octanol–water partition coefficient (Wildman–Crippen LogP) is 15.9. The highest BCUT2D eigenvalue weighted by Gasteiger charge is 2.55. The number of nitro groups is 4. The van der Waals surface area contributed by atoms with E-state index in [1.165, 1.54) is 128 Å². The number of hydrogen-bond donors (Lipinski definition) is 8. The van der Waals surface area contributed by atoms with E-state index in [9.17, 15) is 70.5 Å². The van der Waals surface area contributed by atoms with Crippen molar-refractivity contribution >= 4 is 97.7 Å². The zero-order valence-corrected chi connectivity index (χ0v) is 64.5. The van der Waals surface area contributed by atoms with Crippen molar-refractivity contribution in [3.63, 3.8) is 0 Å². The quantitative estimate of drug-likeness (QED) is 0.00475. The maximum absolute atomic E-state index is 13.3. The Morgan fingerprint density at radius 3 is 1.33 bits per heavy atom. The number of carbonyl (C=O) groups is 2. The maximum Gasteiger partial charge on any atom is 0.434 e. The molecule has 9 N–H and O–H groups in total. The van der Waals surface area contributed by atoms with Crippen molar-refractivity contribution < 1.29 is 68.7 Å². The molecule has 0 saturated heterocycles. The summed E-state index contributed by atoms with van der Waals surface area (Å²) in [5.74, 6) is -0.300. The van der Waals surface area contributed by atoms with Crippen LogP contribution >= 0.6 is 40.4 Å². The zero-order valence-electron chi connectivity index (χ0n) is 61.3. The Morgan fingerprint density at radius 1 is 0.540 bits per heavy atom. The number of halogens is 1. The highest BCUT2D eigenvalue weighted by atomic mass is 79.9. The van der Waals surface area contributed by atoms with E-state index < -0.39 is 42.8 Å². The number of aromatic hydroxyl groups is 4. The van der Waals surface area contributed by atoms with Gasteiger partial charge in [0.15, 0.2) is 16.3 Å². The highest BCUT2D eigenvalue weighted by molar-refractivity contribution is 9.09. The Morgan fingerprint density at radius 2 is 0.947 bits per heavy atom. The van der Waals surface area contributed by atoms with Gasteiger partial charge in [0, 0.05) is 75.2 Å². The molecule has 34 nitrogen and oxygen atoms in total. The van der Waals surface area contributed by atoms with Gasteiger partial charge in [-0.25, -0.2) is 28.3 Å². The lowest BCUT2D eigenvalue weighted by atomic mass is 9.77. The van der Waals surface area contributed by atoms with E-state index in [2.05, 4.69) is 87.7 Å². The summed E-state index contributed by atoms with van der Waals surface area (Å²) < 4.78 is 28.6. The van der Waals surface area contributed by atoms with Crippen LogP contribution in [0, 0.1) is 40.5 Å². The van der Waals surface area contributed by atoms with Gasteiger partial charge in [0.05, 0.1) is 47.8 Å². The summed E-state index contributed by atoms with van der Waals surface area (Å²) in [5, 5.41) is 91.7. The Balaban J connectivity index is 0.000000176. The number of nitrogens with zero attached hydrogens (tertiary/aromatic N) is 12. The second-order valence-corrected chi connectivity index (χ2v) is 26.9. The molecule has 14 rings (SSSR count). The lowest BCUT2D eigenvalue weighted by Gasteiger charge is -2.36. The number of rotatable bonds is 26. The Hall–Kier alpha value is -12.6. The van der Waals surface area contributed by atoms with Crippen LogP contribution < -0.4 is 25.8 Å². The van der Waals surface area contributed by atoms with Crippen LogP contribution in [-0.4, -0.2) is 119 Å². The van der Waals surface area contributed by atoms with Gasteiger partial charge in [-0.1, -0.05) is 100 Å². The molecule has 2 spiro atoms. The van der Waals surface area contributed by atoms with Crippen LogP contribution in [0.1, 0.15) is 158 Å². The number of phenolic OH excluding ortho intramolecular Hbond substituents is 4. The number of benzene rings is 6. The van der Waals surface area contributed by atoms with Gasteiger partial charge in [-0.2, -0.15) is 4.99 Å². The summed E-state index contributed by atoms with van der Waals surface area (Å²) in [6.07, 6.45) is 27.1. The number of fused-ring (bicyclic) bond motifs is 12. The smallest absolute Gasteiger partial charge is 0.434 e. The molecule has 592 valence electrons. The molecule has 37 heteroatoms. The number of imidazole rings is 4. The van der Waals surface area contributed by atoms with Crippen LogP contribution in [0.25, 0.3) is 0 Å². The number of aromatic amines is 1. The number of nitrogens with two attached hydrogens (primary N) is 1. The predicted molar refractivity (Wildman–Crippen MR) is 426 cm³/mol. The lowest BCUT2D eigenvalue weighted by Crippen LogP contribution is -2.33. The number of esters is 2. The molecule has 0 atom stereocenters. The fraction of sp³-hybridized carbons (Fsp3) is 0.316. The normalized spacial score (nSPS) is 12.6. The molecule has 10 aromatic rings. The first kappa shape index (κ1) is 84.4. The van der Waals surface area contributed by atoms with Crippen molar-refractivity contribution in [1.82, 2.24) is 43.9 Å². The number of alkyl halides is 1. The molecule has 6 aromatic carbocycles. The summed E-state index contributed by atoms with van der Waals surface area (Å²) in [5.41, 5.74) is 7.97. The number of thiocarbonyl (C=S) groups is 2. The minimum absolute atomic E-state index is 0.00715. The number of carbonyl (C=O) groups excluding carboxylic acids is 2. The average molecular weight is 1650 g/mol. The molecule has 0 radical (unpaired) electrons. The number of anilines is 1. The van der Waals surface area contributed by atoms with Crippen molar-refractivity contribution in [3.05, 3.63) is 244 Å². The number of hydrogen-bond acceptors (Lipinski definition) is 26. The first-order valence-corrected chi connectivity index (χ1v) is 37.9. The van der Waals surface area contributed by atoms with Gasteiger partial charge in [-0.3, -0.25) is 0 Å². The maximum atomic E-state index is 13.3. The van der Waals surface area contributed by atoms with Gasteiger partial charge in [-0.15, -0.1) is 0 Å². The number of aliphatic imine (C=N–C) groups is 1. The third-order valence-corrected chi connectivity index (χ3v) is 18.8. The highest BCUT2D eigenvalue weighted by Crippen LogP contribution is 2.59. The van der Waals surface area contributed by atoms with Gasteiger partial charge >= 0.3 is 35.7 Å². The molecule has 0 fully saturated rings. The second kappa shape index (κ2) is 40.4. The van der Waals surface area contributed by atoms with Gasteiger partial charge in [0.1, 0.15) is 89.4 Å². The number of aryl methyl sites for hydroxylation is 3. The van der Waals surface area contributed by atoms with E-state index >= 15 is 0 Å². The Kier molecular flexibility index (Phi) is 30.2. The fourth-order valence-corrected chi connectivity index (χ4v) is 13.4. The third kappa shape index (κ3) is 20.9. The van der Waals surface area contributed by atoms with Crippen LogP contribution in [-0.2, 0) is 40.3 Å². The Bertz CT molecular complexity index is 4900. The SMILES string of the molecule is CCCCCCBr.CCCCCCn1ccnc1[N+](=O)[O-].NCCCCCn1ccnc1[N+](=O)[O-].O=C1OC2(c3ccc(O)cc3Oc3cc(O)ccc32)c2ccc(N=C=S)cc21.O=C1OC2(c3ccc(O)cc3Oc3cc(O)ccc32)c2ccc(NC(=S)NCCCCCn3ccnc3[N+](=O)[O-])cc21.O=[N+]([O-])c1ncc[nH]1. The van der Waals surface area contributed by atoms with Crippen LogP contribution in [0.2, 0.25) is 0 Å². The molecule has 8 heterocycles. The number of nitrogens with one attached hydrogen (secondary N) is 3. The Labute approximate surface area is 665 Å². The van der Waals surface area contributed by atoms with E-state index in [-0.39, 0.29) is 46.8 Å². The molecule has 4 aromatic heterocycles. The van der Waals surface area contributed by atoms with Gasteiger partial charge in [0.25, 0.3) is 0 Å². The van der Waals surface area contributed by atoms with Crippen molar-refractivity contribution in [2.45, 2.75) is 135 Å². The van der Waals surface area contributed by atoms with Crippen molar-refractivity contribution in [1.29, 1.82) is 0 Å². The molecular weight excluding hydrogens is 1570 g/mol. The topological polar surface area (TPSA) is 469 Å². The largest absolute Gasteiger partial charge is 0.508 e. The van der Waals surface area contributed by atoms with Crippen LogP contribution in [0.4, 0.5) is 35.2 Å². The fourth-order valence-electron chi connectivity index (χ4n) is 12.7. The van der Waals surface area contributed by atoms with E-state index in [0.717, 1.165) is 51.4 Å².